The highest BCUT2D eigenvalue weighted by atomic mass is 16.6. The third kappa shape index (κ3) is 4.34. The van der Waals surface area contributed by atoms with Crippen LogP contribution in [0.4, 0.5) is 0 Å². The summed E-state index contributed by atoms with van der Waals surface area (Å²) >= 11 is 0. The molecule has 0 aliphatic carbocycles. The van der Waals surface area contributed by atoms with Crippen molar-refractivity contribution in [3.05, 3.63) is 35.4 Å². The Hall–Kier alpha value is -2.45. The fourth-order valence-electron chi connectivity index (χ4n) is 1.25. The molecule has 0 radical (unpaired) electrons. The molecule has 0 aliphatic rings. The highest BCUT2D eigenvalue weighted by molar-refractivity contribution is 5.92. The molecule has 0 unspecified atom stereocenters. The van der Waals surface area contributed by atoms with E-state index in [1.165, 1.54) is 12.1 Å². The first-order chi connectivity index (χ1) is 8.82. The summed E-state index contributed by atoms with van der Waals surface area (Å²) in [6.07, 6.45) is -4.49. The van der Waals surface area contributed by atoms with E-state index in [-0.39, 0.29) is 11.0 Å². The van der Waals surface area contributed by atoms with Crippen LogP contribution in [0.2, 0.25) is 0 Å². The van der Waals surface area contributed by atoms with Gasteiger partial charge in [-0.25, -0.2) is 14.4 Å². The number of ether oxygens (including phenoxy) is 1. The van der Waals surface area contributed by atoms with E-state index in [1.807, 2.05) is 0 Å². The lowest BCUT2D eigenvalue weighted by molar-refractivity contribution is -0.166. The maximum Gasteiger partial charge on any atom is 0.348 e. The van der Waals surface area contributed by atoms with Crippen LogP contribution in [-0.2, 0) is 14.3 Å². The predicted molar refractivity (Wildman–Crippen MR) is 65.3 cm³/mol. The van der Waals surface area contributed by atoms with Crippen LogP contribution in [0.25, 0.3) is 0 Å². The standard InChI is InChI=1S/C12H12O7.H2O/c1-6-2-4-7(5-3-6)12(18)19-9(11(16)17)8(13)10(14)15;/h2-5,8-9,13H,1H3,(H,14,15)(H,16,17);1H2/t8-,9-;/m1./s1. The molecule has 0 bridgehead atoms. The second-order valence-electron chi connectivity index (χ2n) is 3.81. The smallest absolute Gasteiger partial charge is 0.348 e. The minimum atomic E-state index is -2.33. The maximum atomic E-state index is 11.6. The van der Waals surface area contributed by atoms with Crippen molar-refractivity contribution < 1.29 is 39.9 Å². The molecule has 8 heteroatoms. The number of carbonyl (C=O) groups is 3. The third-order valence-corrected chi connectivity index (χ3v) is 2.30. The molecule has 0 amide bonds. The normalized spacial score (nSPS) is 12.7. The van der Waals surface area contributed by atoms with Gasteiger partial charge in [-0.1, -0.05) is 17.7 Å². The average molecular weight is 286 g/mol. The molecule has 110 valence electrons. The Labute approximate surface area is 113 Å². The van der Waals surface area contributed by atoms with Crippen LogP contribution < -0.4 is 0 Å². The molecule has 1 aromatic rings. The van der Waals surface area contributed by atoms with Crippen molar-refractivity contribution in [1.29, 1.82) is 0 Å². The summed E-state index contributed by atoms with van der Waals surface area (Å²) in [5, 5.41) is 26.4. The number of esters is 1. The fourth-order valence-corrected chi connectivity index (χ4v) is 1.25. The zero-order valence-corrected chi connectivity index (χ0v) is 10.4. The number of aliphatic hydroxyl groups excluding tert-OH is 1. The zero-order valence-electron chi connectivity index (χ0n) is 10.4. The van der Waals surface area contributed by atoms with E-state index in [4.69, 9.17) is 15.3 Å². The molecule has 0 aromatic heterocycles. The first-order valence-electron chi connectivity index (χ1n) is 5.24. The Morgan fingerprint density at radius 3 is 1.95 bits per heavy atom. The van der Waals surface area contributed by atoms with Gasteiger partial charge < -0.3 is 25.5 Å². The molecule has 1 rings (SSSR count). The minimum absolute atomic E-state index is 0. The molecule has 5 N–H and O–H groups in total. The summed E-state index contributed by atoms with van der Waals surface area (Å²) in [5.74, 6) is -4.55. The van der Waals surface area contributed by atoms with Crippen LogP contribution in [0.1, 0.15) is 15.9 Å². The molecule has 8 nitrogen and oxygen atoms in total. The number of carbonyl (C=O) groups excluding carboxylic acids is 1. The van der Waals surface area contributed by atoms with Crippen LogP contribution in [0, 0.1) is 6.92 Å². The number of benzene rings is 1. The van der Waals surface area contributed by atoms with Gasteiger partial charge in [-0.3, -0.25) is 0 Å². The molecular formula is C12H14O8. The van der Waals surface area contributed by atoms with Gasteiger partial charge >= 0.3 is 17.9 Å². The van der Waals surface area contributed by atoms with Gasteiger partial charge in [-0.05, 0) is 19.1 Å². The lowest BCUT2D eigenvalue weighted by Crippen LogP contribution is -2.43. The van der Waals surface area contributed by atoms with E-state index < -0.39 is 30.1 Å². The van der Waals surface area contributed by atoms with Crippen molar-refractivity contribution in [1.82, 2.24) is 0 Å². The van der Waals surface area contributed by atoms with E-state index in [0.717, 1.165) is 5.56 Å². The Kier molecular flexibility index (Phi) is 6.33. The zero-order chi connectivity index (χ0) is 14.6. The second kappa shape index (κ2) is 7.22. The van der Waals surface area contributed by atoms with Crippen molar-refractivity contribution in [2.24, 2.45) is 0 Å². The molecule has 0 aliphatic heterocycles. The van der Waals surface area contributed by atoms with Gasteiger partial charge in [0.25, 0.3) is 0 Å². The molecule has 0 spiro atoms. The molecule has 0 fully saturated rings. The Bertz CT molecular complexity index is 493. The first kappa shape index (κ1) is 17.6. The number of hydrogen-bond donors (Lipinski definition) is 3. The summed E-state index contributed by atoms with van der Waals surface area (Å²) in [6.45, 7) is 1.79. The molecule has 0 saturated carbocycles. The Balaban J connectivity index is 0.00000361. The summed E-state index contributed by atoms with van der Waals surface area (Å²) < 4.78 is 4.49. The van der Waals surface area contributed by atoms with E-state index >= 15 is 0 Å². The van der Waals surface area contributed by atoms with Crippen molar-refractivity contribution in [3.63, 3.8) is 0 Å². The molecular weight excluding hydrogens is 272 g/mol. The molecule has 2 atom stereocenters. The van der Waals surface area contributed by atoms with Gasteiger partial charge in [0.2, 0.25) is 6.10 Å². The van der Waals surface area contributed by atoms with E-state index in [9.17, 15) is 14.4 Å². The maximum absolute atomic E-state index is 11.6. The van der Waals surface area contributed by atoms with Crippen LogP contribution in [-0.4, -0.2) is 50.9 Å². The lowest BCUT2D eigenvalue weighted by Gasteiger charge is -2.16. The van der Waals surface area contributed by atoms with Crippen molar-refractivity contribution in [3.8, 4) is 0 Å². The Morgan fingerprint density at radius 2 is 1.55 bits per heavy atom. The SMILES string of the molecule is Cc1ccc(C(=O)O[C@@H](C(=O)O)[C@@H](O)C(=O)O)cc1.O. The van der Waals surface area contributed by atoms with Gasteiger partial charge in [0, 0.05) is 0 Å². The highest BCUT2D eigenvalue weighted by Gasteiger charge is 2.35. The molecule has 1 aromatic carbocycles. The topological polar surface area (TPSA) is 153 Å². The van der Waals surface area contributed by atoms with Crippen molar-refractivity contribution >= 4 is 17.9 Å². The molecule has 0 saturated heterocycles. The predicted octanol–water partition coefficient (Wildman–Crippen LogP) is -0.774. The van der Waals surface area contributed by atoms with Gasteiger partial charge in [0.05, 0.1) is 5.56 Å². The summed E-state index contributed by atoms with van der Waals surface area (Å²) in [5.41, 5.74) is 0.950. The third-order valence-electron chi connectivity index (χ3n) is 2.30. The fraction of sp³-hybridized carbons (Fsp3) is 0.250. The van der Waals surface area contributed by atoms with E-state index in [0.29, 0.717) is 0 Å². The lowest BCUT2D eigenvalue weighted by atomic mass is 10.1. The van der Waals surface area contributed by atoms with Gasteiger partial charge in [0.15, 0.2) is 6.10 Å². The largest absolute Gasteiger partial charge is 0.479 e. The van der Waals surface area contributed by atoms with Crippen LogP contribution in [0.5, 0.6) is 0 Å². The molecule has 20 heavy (non-hydrogen) atoms. The van der Waals surface area contributed by atoms with Crippen LogP contribution >= 0.6 is 0 Å². The number of rotatable bonds is 5. The number of aliphatic hydroxyl groups is 1. The van der Waals surface area contributed by atoms with Gasteiger partial charge in [-0.2, -0.15) is 0 Å². The van der Waals surface area contributed by atoms with E-state index in [1.54, 1.807) is 19.1 Å². The number of carboxylic acid groups (broad SMARTS) is 2. The Morgan fingerprint density at radius 1 is 1.05 bits per heavy atom. The number of hydrogen-bond acceptors (Lipinski definition) is 5. The number of carboxylic acids is 2. The number of aryl methyl sites for hydroxylation is 1. The van der Waals surface area contributed by atoms with Crippen LogP contribution in [0.3, 0.4) is 0 Å². The molecule has 0 heterocycles. The van der Waals surface area contributed by atoms with E-state index in [2.05, 4.69) is 4.74 Å². The summed E-state index contributed by atoms with van der Waals surface area (Å²) in [4.78, 5) is 32.9. The summed E-state index contributed by atoms with van der Waals surface area (Å²) in [6, 6.07) is 6.04. The quantitative estimate of drug-likeness (QED) is 0.600. The minimum Gasteiger partial charge on any atom is -0.479 e. The monoisotopic (exact) mass is 286 g/mol. The second-order valence-corrected chi connectivity index (χ2v) is 3.81. The van der Waals surface area contributed by atoms with Crippen LogP contribution in [0.15, 0.2) is 24.3 Å². The highest BCUT2D eigenvalue weighted by Crippen LogP contribution is 2.09. The summed E-state index contributed by atoms with van der Waals surface area (Å²) in [7, 11) is 0. The number of aliphatic carboxylic acids is 2. The van der Waals surface area contributed by atoms with Crippen molar-refractivity contribution in [2.45, 2.75) is 19.1 Å². The van der Waals surface area contributed by atoms with Gasteiger partial charge in [-0.15, -0.1) is 0 Å². The first-order valence-corrected chi connectivity index (χ1v) is 5.24. The average Bonchev–Trinajstić information content (AvgIpc) is 2.35. The van der Waals surface area contributed by atoms with Gasteiger partial charge in [0.1, 0.15) is 0 Å². The van der Waals surface area contributed by atoms with Crippen molar-refractivity contribution in [2.75, 3.05) is 0 Å².